The monoisotopic (exact) mass is 486 g/mol. The van der Waals surface area contributed by atoms with Crippen molar-refractivity contribution in [3.05, 3.63) is 99.7 Å². The van der Waals surface area contributed by atoms with Crippen molar-refractivity contribution in [2.75, 3.05) is 6.54 Å². The molecule has 0 aliphatic carbocycles. The highest BCUT2D eigenvalue weighted by Gasteiger charge is 2.18. The zero-order valence-corrected chi connectivity index (χ0v) is 20.1. The molecule has 7 heteroatoms. The fourth-order valence-corrected chi connectivity index (χ4v) is 4.68. The molecule has 2 N–H and O–H groups in total. The first-order valence-corrected chi connectivity index (χ1v) is 12.3. The number of aromatic amines is 1. The number of hydrogen-bond donors (Lipinski definition) is 2. The van der Waals surface area contributed by atoms with Crippen LogP contribution in [-0.4, -0.2) is 33.5 Å². The van der Waals surface area contributed by atoms with Gasteiger partial charge in [-0.15, -0.1) is 0 Å². The minimum atomic E-state index is -0.147. The van der Waals surface area contributed by atoms with Crippen LogP contribution in [0.15, 0.2) is 66.7 Å². The molecule has 0 radical (unpaired) electrons. The van der Waals surface area contributed by atoms with E-state index < -0.39 is 0 Å². The first kappa shape index (κ1) is 23.1. The summed E-state index contributed by atoms with van der Waals surface area (Å²) < 4.78 is 0. The summed E-state index contributed by atoms with van der Waals surface area (Å²) in [6, 6.07) is 21.6. The molecule has 1 aliphatic heterocycles. The van der Waals surface area contributed by atoms with Crippen molar-refractivity contribution in [3.63, 3.8) is 0 Å². The van der Waals surface area contributed by atoms with Gasteiger partial charge in [-0.2, -0.15) is 5.10 Å². The maximum absolute atomic E-state index is 12.8. The van der Waals surface area contributed by atoms with E-state index in [1.165, 1.54) is 0 Å². The van der Waals surface area contributed by atoms with Crippen molar-refractivity contribution >= 4 is 34.3 Å². The number of carbonyl (C=O) groups excluding carboxylic acids is 2. The zero-order chi connectivity index (χ0) is 24.2. The quantitative estimate of drug-likeness (QED) is 0.374. The highest BCUT2D eigenvalue weighted by atomic mass is 35.5. The first-order chi connectivity index (χ1) is 17.0. The van der Waals surface area contributed by atoms with Gasteiger partial charge in [0.15, 0.2) is 0 Å². The third-order valence-electron chi connectivity index (χ3n) is 6.44. The summed E-state index contributed by atoms with van der Waals surface area (Å²) >= 11 is 6.10. The predicted molar refractivity (Wildman–Crippen MR) is 137 cm³/mol. The molecule has 4 aromatic rings. The first-order valence-electron chi connectivity index (χ1n) is 11.9. The highest BCUT2D eigenvalue weighted by molar-refractivity contribution is 6.31. The molecule has 6 nitrogen and oxygen atoms in total. The second-order valence-electron chi connectivity index (χ2n) is 9.01. The van der Waals surface area contributed by atoms with Crippen LogP contribution >= 0.6 is 11.6 Å². The average molecular weight is 487 g/mol. The lowest BCUT2D eigenvalue weighted by Gasteiger charge is -2.26. The Hall–Kier alpha value is -3.64. The van der Waals surface area contributed by atoms with E-state index >= 15 is 0 Å². The van der Waals surface area contributed by atoms with Crippen molar-refractivity contribution in [1.29, 1.82) is 0 Å². The summed E-state index contributed by atoms with van der Waals surface area (Å²) in [6.07, 6.45) is 3.47. The molecule has 1 aromatic heterocycles. The molecule has 178 valence electrons. The summed E-state index contributed by atoms with van der Waals surface area (Å²) in [6.45, 7) is 1.83. The Morgan fingerprint density at radius 3 is 2.66 bits per heavy atom. The van der Waals surface area contributed by atoms with Crippen LogP contribution in [0.1, 0.15) is 52.0 Å². The molecule has 0 bridgehead atoms. The molecule has 1 saturated heterocycles. The van der Waals surface area contributed by atoms with E-state index in [9.17, 15) is 9.59 Å². The summed E-state index contributed by atoms with van der Waals surface area (Å²) in [5.74, 6) is 0.103. The average Bonchev–Trinajstić information content (AvgIpc) is 3.27. The van der Waals surface area contributed by atoms with E-state index in [0.717, 1.165) is 59.1 Å². The molecule has 1 fully saturated rings. The van der Waals surface area contributed by atoms with E-state index in [-0.39, 0.29) is 11.8 Å². The second kappa shape index (κ2) is 10.3. The van der Waals surface area contributed by atoms with Gasteiger partial charge in [-0.3, -0.25) is 14.7 Å². The molecule has 0 saturated carbocycles. The number of likely N-dealkylation sites (tertiary alicyclic amines) is 1. The topological polar surface area (TPSA) is 78.1 Å². The molecule has 35 heavy (non-hydrogen) atoms. The Morgan fingerprint density at radius 1 is 1.00 bits per heavy atom. The smallest absolute Gasteiger partial charge is 0.251 e. The molecule has 0 atom stereocenters. The number of fused-ring (bicyclic) bond motifs is 1. The van der Waals surface area contributed by atoms with Gasteiger partial charge >= 0.3 is 0 Å². The van der Waals surface area contributed by atoms with Crippen LogP contribution in [0.3, 0.4) is 0 Å². The van der Waals surface area contributed by atoms with Gasteiger partial charge in [0.25, 0.3) is 5.91 Å². The van der Waals surface area contributed by atoms with Crippen LogP contribution in [0.2, 0.25) is 5.02 Å². The lowest BCUT2D eigenvalue weighted by molar-refractivity contribution is -0.133. The second-order valence-corrected chi connectivity index (χ2v) is 9.45. The Balaban J connectivity index is 1.20. The van der Waals surface area contributed by atoms with Crippen molar-refractivity contribution < 1.29 is 9.59 Å². The predicted octanol–water partition coefficient (Wildman–Crippen LogP) is 5.25. The number of halogens is 1. The van der Waals surface area contributed by atoms with Crippen LogP contribution in [0.25, 0.3) is 10.9 Å². The largest absolute Gasteiger partial charge is 0.346 e. The van der Waals surface area contributed by atoms with Crippen LogP contribution in [-0.2, 0) is 24.3 Å². The Labute approximate surface area is 209 Å². The van der Waals surface area contributed by atoms with E-state index in [0.29, 0.717) is 30.1 Å². The number of piperidine rings is 1. The van der Waals surface area contributed by atoms with Gasteiger partial charge in [0.1, 0.15) is 0 Å². The van der Waals surface area contributed by atoms with E-state index in [2.05, 4.69) is 39.8 Å². The Bertz CT molecular complexity index is 1360. The maximum Gasteiger partial charge on any atom is 0.251 e. The standard InChI is InChI=1S/C28H27ClN4O2/c29-23-11-12-25-24(16-23)26(32-31-25)17-30-28(35)22-5-3-4-21(15-22)14-19-7-9-20(10-8-19)18-33-13-2-1-6-27(33)34/h3-5,7-12,15-16H,1-2,6,13-14,17-18H2,(H,30,35)(H,31,32). The molecule has 5 rings (SSSR count). The lowest BCUT2D eigenvalue weighted by Crippen LogP contribution is -2.34. The van der Waals surface area contributed by atoms with Crippen LogP contribution in [0.4, 0.5) is 0 Å². The molecular formula is C28H27ClN4O2. The van der Waals surface area contributed by atoms with Crippen molar-refractivity contribution in [2.45, 2.75) is 38.8 Å². The van der Waals surface area contributed by atoms with Crippen molar-refractivity contribution in [1.82, 2.24) is 20.4 Å². The number of benzene rings is 3. The lowest BCUT2D eigenvalue weighted by atomic mass is 10.0. The highest BCUT2D eigenvalue weighted by Crippen LogP contribution is 2.21. The fourth-order valence-electron chi connectivity index (χ4n) is 4.51. The summed E-state index contributed by atoms with van der Waals surface area (Å²) in [7, 11) is 0. The van der Waals surface area contributed by atoms with Gasteiger partial charge in [-0.05, 0) is 66.3 Å². The summed E-state index contributed by atoms with van der Waals surface area (Å²) in [4.78, 5) is 26.8. The number of carbonyl (C=O) groups is 2. The summed E-state index contributed by atoms with van der Waals surface area (Å²) in [5.41, 5.74) is 5.61. The molecule has 0 spiro atoms. The van der Waals surface area contributed by atoms with Crippen LogP contribution in [0.5, 0.6) is 0 Å². The SMILES string of the molecule is O=C(NCc1n[nH]c2ccc(Cl)cc12)c1cccc(Cc2ccc(CN3CCCCC3=O)cc2)c1. The zero-order valence-electron chi connectivity index (χ0n) is 19.4. The Kier molecular flexibility index (Phi) is 6.82. The third kappa shape index (κ3) is 5.54. The number of H-pyrrole nitrogens is 1. The molecule has 3 aromatic carbocycles. The number of aromatic nitrogens is 2. The van der Waals surface area contributed by atoms with E-state index in [4.69, 9.17) is 11.6 Å². The van der Waals surface area contributed by atoms with Crippen molar-refractivity contribution in [3.8, 4) is 0 Å². The molecule has 2 heterocycles. The van der Waals surface area contributed by atoms with Gasteiger partial charge in [-0.1, -0.05) is 48.0 Å². The number of rotatable bonds is 7. The minimum Gasteiger partial charge on any atom is -0.346 e. The van der Waals surface area contributed by atoms with Gasteiger partial charge in [0, 0.05) is 35.5 Å². The molecule has 0 unspecified atom stereocenters. The molecule has 1 aliphatic rings. The van der Waals surface area contributed by atoms with Gasteiger partial charge in [-0.25, -0.2) is 0 Å². The van der Waals surface area contributed by atoms with Crippen molar-refractivity contribution in [2.24, 2.45) is 0 Å². The number of nitrogens with zero attached hydrogens (tertiary/aromatic N) is 2. The van der Waals surface area contributed by atoms with Gasteiger partial charge in [0.05, 0.1) is 17.8 Å². The molecule has 2 amide bonds. The normalized spacial score (nSPS) is 13.9. The number of amides is 2. The van der Waals surface area contributed by atoms with Gasteiger partial charge in [0.2, 0.25) is 5.91 Å². The van der Waals surface area contributed by atoms with E-state index in [1.54, 1.807) is 6.07 Å². The van der Waals surface area contributed by atoms with Crippen LogP contribution < -0.4 is 5.32 Å². The van der Waals surface area contributed by atoms with E-state index in [1.807, 2.05) is 41.3 Å². The number of hydrogen-bond acceptors (Lipinski definition) is 3. The Morgan fingerprint density at radius 2 is 1.83 bits per heavy atom. The fraction of sp³-hybridized carbons (Fsp3) is 0.250. The maximum atomic E-state index is 12.8. The number of nitrogens with one attached hydrogen (secondary N) is 2. The summed E-state index contributed by atoms with van der Waals surface area (Å²) in [5, 5.41) is 11.8. The van der Waals surface area contributed by atoms with Gasteiger partial charge < -0.3 is 10.2 Å². The molecular weight excluding hydrogens is 460 g/mol. The minimum absolute atomic E-state index is 0.147. The van der Waals surface area contributed by atoms with Crippen LogP contribution in [0, 0.1) is 0 Å². The third-order valence-corrected chi connectivity index (χ3v) is 6.67.